The summed E-state index contributed by atoms with van der Waals surface area (Å²) < 4.78 is 1.82. The van der Waals surface area contributed by atoms with E-state index in [0.29, 0.717) is 6.54 Å². The van der Waals surface area contributed by atoms with Crippen molar-refractivity contribution in [3.63, 3.8) is 0 Å². The van der Waals surface area contributed by atoms with Gasteiger partial charge in [0.2, 0.25) is 0 Å². The minimum absolute atomic E-state index is 0.502. The Morgan fingerprint density at radius 2 is 1.94 bits per heavy atom. The normalized spacial score (nSPS) is 9.47. The van der Waals surface area contributed by atoms with Crippen molar-refractivity contribution >= 4 is 17.5 Å². The van der Waals surface area contributed by atoms with E-state index >= 15 is 0 Å². The summed E-state index contributed by atoms with van der Waals surface area (Å²) in [6.45, 7) is 0.502. The van der Waals surface area contributed by atoms with Gasteiger partial charge in [-0.05, 0) is 18.2 Å². The zero-order chi connectivity index (χ0) is 12.8. The number of fused-ring (bicyclic) bond motifs is 1. The summed E-state index contributed by atoms with van der Waals surface area (Å²) in [7, 11) is 0. The van der Waals surface area contributed by atoms with Crippen LogP contribution in [0.15, 0.2) is 30.5 Å². The lowest BCUT2D eigenvalue weighted by molar-refractivity contribution is -0.159. The molecule has 0 amide bonds. The fourth-order valence-corrected chi connectivity index (χ4v) is 1.09. The Balaban J connectivity index is 0.000000209. The van der Waals surface area contributed by atoms with Crippen LogP contribution in [0.25, 0.3) is 5.52 Å². The van der Waals surface area contributed by atoms with E-state index < -0.39 is 11.9 Å². The molecule has 0 aliphatic heterocycles. The van der Waals surface area contributed by atoms with E-state index in [1.807, 2.05) is 35.0 Å². The van der Waals surface area contributed by atoms with Crippen molar-refractivity contribution in [3.05, 3.63) is 36.2 Å². The van der Waals surface area contributed by atoms with E-state index in [1.54, 1.807) is 0 Å². The molecule has 2 heterocycles. The second-order valence-corrected chi connectivity index (χ2v) is 3.02. The van der Waals surface area contributed by atoms with Gasteiger partial charge in [-0.3, -0.25) is 0 Å². The summed E-state index contributed by atoms with van der Waals surface area (Å²) in [5.41, 5.74) is 7.46. The second kappa shape index (κ2) is 5.61. The van der Waals surface area contributed by atoms with Crippen LogP contribution in [0.5, 0.6) is 0 Å². The van der Waals surface area contributed by atoms with E-state index in [0.717, 1.165) is 11.2 Å². The first kappa shape index (κ1) is 12.7. The van der Waals surface area contributed by atoms with E-state index in [-0.39, 0.29) is 0 Å². The average Bonchev–Trinajstić information content (AvgIpc) is 2.72. The summed E-state index contributed by atoms with van der Waals surface area (Å²) in [6.07, 6.45) is 1.91. The molecule has 0 spiro atoms. The molecule has 0 aromatic carbocycles. The maximum absolute atomic E-state index is 9.10. The summed E-state index contributed by atoms with van der Waals surface area (Å²) in [6, 6.07) is 7.92. The molecule has 2 aromatic rings. The molecular formula is C10H11N3O4. The van der Waals surface area contributed by atoms with Gasteiger partial charge < -0.3 is 15.9 Å². The Morgan fingerprint density at radius 1 is 1.29 bits per heavy atom. The first-order chi connectivity index (χ1) is 8.04. The topological polar surface area (TPSA) is 118 Å². The highest BCUT2D eigenvalue weighted by molar-refractivity contribution is 6.27. The molecule has 17 heavy (non-hydrogen) atoms. The van der Waals surface area contributed by atoms with Crippen LogP contribution in [-0.2, 0) is 16.1 Å². The highest BCUT2D eigenvalue weighted by Crippen LogP contribution is 2.04. The molecular weight excluding hydrogens is 226 g/mol. The zero-order valence-corrected chi connectivity index (χ0v) is 8.78. The van der Waals surface area contributed by atoms with Gasteiger partial charge >= 0.3 is 11.9 Å². The predicted molar refractivity (Wildman–Crippen MR) is 58.4 cm³/mol. The van der Waals surface area contributed by atoms with Crippen LogP contribution < -0.4 is 5.73 Å². The number of carbonyl (C=O) groups is 2. The smallest absolute Gasteiger partial charge is 0.414 e. The molecule has 90 valence electrons. The van der Waals surface area contributed by atoms with Crippen molar-refractivity contribution in [1.82, 2.24) is 9.61 Å². The Hall–Kier alpha value is -2.41. The van der Waals surface area contributed by atoms with Crippen LogP contribution in [0.1, 0.15) is 5.69 Å². The van der Waals surface area contributed by atoms with Crippen molar-refractivity contribution in [2.75, 3.05) is 0 Å². The van der Waals surface area contributed by atoms with Gasteiger partial charge in [-0.1, -0.05) is 6.07 Å². The van der Waals surface area contributed by atoms with E-state index in [2.05, 4.69) is 5.10 Å². The summed E-state index contributed by atoms with van der Waals surface area (Å²) in [5.74, 6) is -3.65. The lowest BCUT2D eigenvalue weighted by atomic mass is 10.3. The number of nitrogens with zero attached hydrogens (tertiary/aromatic N) is 2. The van der Waals surface area contributed by atoms with Gasteiger partial charge in [-0.15, -0.1) is 0 Å². The Bertz CT molecular complexity index is 490. The second-order valence-electron chi connectivity index (χ2n) is 3.02. The molecule has 2 rings (SSSR count). The number of pyridine rings is 1. The number of aliphatic carboxylic acids is 2. The molecule has 0 unspecified atom stereocenters. The first-order valence-corrected chi connectivity index (χ1v) is 4.64. The van der Waals surface area contributed by atoms with Gasteiger partial charge in [-0.25, -0.2) is 14.1 Å². The van der Waals surface area contributed by atoms with Gasteiger partial charge in [0.05, 0.1) is 11.2 Å². The van der Waals surface area contributed by atoms with Gasteiger partial charge in [0.25, 0.3) is 0 Å². The minimum Gasteiger partial charge on any atom is -0.473 e. The van der Waals surface area contributed by atoms with Crippen molar-refractivity contribution in [2.45, 2.75) is 6.54 Å². The van der Waals surface area contributed by atoms with Gasteiger partial charge in [0, 0.05) is 12.7 Å². The summed E-state index contributed by atoms with van der Waals surface area (Å²) >= 11 is 0. The van der Waals surface area contributed by atoms with Gasteiger partial charge in [0.1, 0.15) is 0 Å². The van der Waals surface area contributed by atoms with E-state index in [9.17, 15) is 0 Å². The van der Waals surface area contributed by atoms with Crippen molar-refractivity contribution < 1.29 is 19.8 Å². The maximum Gasteiger partial charge on any atom is 0.414 e. The molecule has 0 aliphatic rings. The van der Waals surface area contributed by atoms with Gasteiger partial charge in [0.15, 0.2) is 0 Å². The third-order valence-corrected chi connectivity index (χ3v) is 1.81. The van der Waals surface area contributed by atoms with Crippen molar-refractivity contribution in [2.24, 2.45) is 5.73 Å². The highest BCUT2D eigenvalue weighted by atomic mass is 16.4. The molecule has 0 saturated heterocycles. The monoisotopic (exact) mass is 237 g/mol. The van der Waals surface area contributed by atoms with Crippen molar-refractivity contribution in [3.8, 4) is 0 Å². The molecule has 0 atom stereocenters. The fourth-order valence-electron chi connectivity index (χ4n) is 1.09. The largest absolute Gasteiger partial charge is 0.473 e. The molecule has 4 N–H and O–H groups in total. The number of aromatic nitrogens is 2. The maximum atomic E-state index is 9.10. The van der Waals surface area contributed by atoms with Crippen LogP contribution in [0.4, 0.5) is 0 Å². The van der Waals surface area contributed by atoms with Crippen LogP contribution in [0.3, 0.4) is 0 Å². The fraction of sp³-hybridized carbons (Fsp3) is 0.100. The number of hydrogen-bond acceptors (Lipinski definition) is 4. The van der Waals surface area contributed by atoms with Crippen LogP contribution in [-0.4, -0.2) is 31.8 Å². The SMILES string of the molecule is NCc1cc2ccccn2n1.O=C(O)C(=O)O. The number of rotatable bonds is 1. The third-order valence-electron chi connectivity index (χ3n) is 1.81. The molecule has 0 saturated carbocycles. The number of nitrogens with two attached hydrogens (primary N) is 1. The highest BCUT2D eigenvalue weighted by Gasteiger charge is 2.04. The lowest BCUT2D eigenvalue weighted by Gasteiger charge is -1.87. The standard InChI is InChI=1S/C8H9N3.C2H2O4/c9-6-7-5-8-3-1-2-4-11(8)10-7;3-1(4)2(5)6/h1-5H,6,9H2;(H,3,4)(H,5,6). The molecule has 7 heteroatoms. The van der Waals surface area contributed by atoms with E-state index in [4.69, 9.17) is 25.5 Å². The van der Waals surface area contributed by atoms with Gasteiger partial charge in [-0.2, -0.15) is 5.10 Å². The molecule has 0 aliphatic carbocycles. The molecule has 7 nitrogen and oxygen atoms in total. The predicted octanol–water partition coefficient (Wildman–Crippen LogP) is -0.0514. The average molecular weight is 237 g/mol. The van der Waals surface area contributed by atoms with Crippen LogP contribution in [0.2, 0.25) is 0 Å². The number of carboxylic acid groups (broad SMARTS) is 2. The summed E-state index contributed by atoms with van der Waals surface area (Å²) in [5, 5.41) is 19.0. The van der Waals surface area contributed by atoms with E-state index in [1.165, 1.54) is 0 Å². The molecule has 0 radical (unpaired) electrons. The number of carboxylic acids is 2. The zero-order valence-electron chi connectivity index (χ0n) is 8.78. The van der Waals surface area contributed by atoms with Crippen LogP contribution in [0, 0.1) is 0 Å². The Kier molecular flexibility index (Phi) is 4.18. The van der Waals surface area contributed by atoms with Crippen LogP contribution >= 0.6 is 0 Å². The molecule has 0 bridgehead atoms. The molecule has 0 fully saturated rings. The van der Waals surface area contributed by atoms with Crippen molar-refractivity contribution in [1.29, 1.82) is 0 Å². The Labute approximate surface area is 96.1 Å². The first-order valence-electron chi connectivity index (χ1n) is 4.64. The summed E-state index contributed by atoms with van der Waals surface area (Å²) in [4.78, 5) is 18.2. The third kappa shape index (κ3) is 3.58. The number of hydrogen-bond donors (Lipinski definition) is 3. The Morgan fingerprint density at radius 3 is 2.41 bits per heavy atom. The quantitative estimate of drug-likeness (QED) is 0.598. The lowest BCUT2D eigenvalue weighted by Crippen LogP contribution is -2.09. The minimum atomic E-state index is -1.82. The molecule has 2 aromatic heterocycles.